The molecule has 1 heteroatoms. The topological polar surface area (TPSA) is 3.88 Å². The fourth-order valence-electron chi connectivity index (χ4n) is 5.55. The lowest BCUT2D eigenvalue weighted by atomic mass is 9.97. The van der Waals surface area contributed by atoms with E-state index in [0.29, 0.717) is 0 Å². The summed E-state index contributed by atoms with van der Waals surface area (Å²) in [5.74, 6) is 0. The maximum absolute atomic E-state index is 2.53. The van der Waals surface area contributed by atoms with E-state index in [4.69, 9.17) is 0 Å². The zero-order valence-electron chi connectivity index (χ0n) is 25.3. The molecule has 0 aliphatic rings. The molecule has 0 atom stereocenters. The van der Waals surface area contributed by atoms with E-state index in [1.165, 1.54) is 173 Å². The standard InChI is InChI=1S/C35H66N/c1-4-7-10-13-16-17-18-21-24-27-31-36-32-30-34(28-25-22-19-14-11-8-5-2)35(33-36)29-26-23-20-15-12-9-6-3/h30,32-33H,4-29,31H2,1-3H3/q+1. The van der Waals surface area contributed by atoms with Gasteiger partial charge in [-0.15, -0.1) is 0 Å². The maximum Gasteiger partial charge on any atom is 0.172 e. The van der Waals surface area contributed by atoms with Gasteiger partial charge in [-0.1, -0.05) is 149 Å². The molecule has 0 saturated carbocycles. The molecule has 1 rings (SSSR count). The highest BCUT2D eigenvalue weighted by Crippen LogP contribution is 2.17. The molecule has 0 saturated heterocycles. The third kappa shape index (κ3) is 19.3. The molecule has 1 aromatic rings. The van der Waals surface area contributed by atoms with E-state index in [1.807, 2.05) is 0 Å². The highest BCUT2D eigenvalue weighted by molar-refractivity contribution is 5.21. The van der Waals surface area contributed by atoms with E-state index in [-0.39, 0.29) is 0 Å². The Labute approximate surface area is 228 Å². The van der Waals surface area contributed by atoms with Gasteiger partial charge in [0.2, 0.25) is 0 Å². The van der Waals surface area contributed by atoms with E-state index in [1.54, 1.807) is 11.1 Å². The third-order valence-corrected chi connectivity index (χ3v) is 8.07. The van der Waals surface area contributed by atoms with E-state index in [0.717, 1.165) is 0 Å². The summed E-state index contributed by atoms with van der Waals surface area (Å²) in [5.41, 5.74) is 3.30. The van der Waals surface area contributed by atoms with Gasteiger partial charge in [-0.3, -0.25) is 0 Å². The van der Waals surface area contributed by atoms with Gasteiger partial charge in [0.05, 0.1) is 0 Å². The molecule has 0 unspecified atom stereocenters. The van der Waals surface area contributed by atoms with E-state index in [9.17, 15) is 0 Å². The van der Waals surface area contributed by atoms with E-state index < -0.39 is 0 Å². The summed E-state index contributed by atoms with van der Waals surface area (Å²) in [7, 11) is 0. The highest BCUT2D eigenvalue weighted by Gasteiger charge is 2.10. The monoisotopic (exact) mass is 501 g/mol. The number of rotatable bonds is 27. The van der Waals surface area contributed by atoms with Gasteiger partial charge < -0.3 is 0 Å². The van der Waals surface area contributed by atoms with Crippen LogP contribution in [-0.2, 0) is 19.4 Å². The van der Waals surface area contributed by atoms with Crippen LogP contribution >= 0.6 is 0 Å². The van der Waals surface area contributed by atoms with Gasteiger partial charge in [0.15, 0.2) is 12.4 Å². The smallest absolute Gasteiger partial charge is 0.172 e. The first-order valence-electron chi connectivity index (χ1n) is 16.8. The van der Waals surface area contributed by atoms with Crippen LogP contribution in [-0.4, -0.2) is 0 Å². The summed E-state index contributed by atoms with van der Waals surface area (Å²) in [4.78, 5) is 0. The molecule has 210 valence electrons. The minimum atomic E-state index is 1.21. The molecule has 0 aliphatic carbocycles. The lowest BCUT2D eigenvalue weighted by molar-refractivity contribution is -0.697. The minimum Gasteiger partial charge on any atom is -0.205 e. The fraction of sp³-hybridized carbons (Fsp3) is 0.857. The number of nitrogens with zero attached hydrogens (tertiary/aromatic N) is 1. The summed E-state index contributed by atoms with van der Waals surface area (Å²) in [5, 5.41) is 0. The molecule has 0 aromatic carbocycles. The predicted octanol–water partition coefficient (Wildman–Crippen LogP) is 11.5. The van der Waals surface area contributed by atoms with Crippen molar-refractivity contribution in [1.29, 1.82) is 0 Å². The molecule has 36 heavy (non-hydrogen) atoms. The second-order valence-electron chi connectivity index (χ2n) is 11.7. The quantitative estimate of drug-likeness (QED) is 0.0835. The van der Waals surface area contributed by atoms with Crippen LogP contribution in [0, 0.1) is 0 Å². The van der Waals surface area contributed by atoms with Crippen LogP contribution in [0.1, 0.15) is 186 Å². The van der Waals surface area contributed by atoms with Crippen LogP contribution in [0.5, 0.6) is 0 Å². The Morgan fingerprint density at radius 1 is 0.417 bits per heavy atom. The zero-order valence-corrected chi connectivity index (χ0v) is 25.3. The normalized spacial score (nSPS) is 11.4. The fourth-order valence-corrected chi connectivity index (χ4v) is 5.55. The minimum absolute atomic E-state index is 1.21. The number of hydrogen-bond acceptors (Lipinski definition) is 0. The molecule has 0 bridgehead atoms. The molecule has 1 aromatic heterocycles. The van der Waals surface area contributed by atoms with Crippen LogP contribution in [0.3, 0.4) is 0 Å². The Morgan fingerprint density at radius 2 is 0.778 bits per heavy atom. The van der Waals surface area contributed by atoms with Gasteiger partial charge in [-0.2, -0.15) is 0 Å². The van der Waals surface area contributed by atoms with Crippen LogP contribution in [0.4, 0.5) is 0 Å². The van der Waals surface area contributed by atoms with Crippen molar-refractivity contribution in [3.05, 3.63) is 29.6 Å². The predicted molar refractivity (Wildman–Crippen MR) is 162 cm³/mol. The van der Waals surface area contributed by atoms with Crippen LogP contribution in [0.2, 0.25) is 0 Å². The lowest BCUT2D eigenvalue weighted by Gasteiger charge is -2.10. The summed E-state index contributed by atoms with van der Waals surface area (Å²) in [6, 6.07) is 2.48. The van der Waals surface area contributed by atoms with Crippen molar-refractivity contribution in [2.45, 2.75) is 194 Å². The van der Waals surface area contributed by atoms with Gasteiger partial charge >= 0.3 is 0 Å². The Morgan fingerprint density at radius 3 is 1.22 bits per heavy atom. The van der Waals surface area contributed by atoms with Gasteiger partial charge in [0, 0.05) is 18.1 Å². The Kier molecular flexibility index (Phi) is 23.8. The first kappa shape index (κ1) is 33.2. The number of aryl methyl sites for hydroxylation is 3. The van der Waals surface area contributed by atoms with Gasteiger partial charge in [-0.05, 0) is 37.7 Å². The SMILES string of the molecule is CCCCCCCCCCCC[n+]1ccc(CCCCCCCCC)c(CCCCCCCCC)c1. The second-order valence-corrected chi connectivity index (χ2v) is 11.7. The lowest BCUT2D eigenvalue weighted by Crippen LogP contribution is -2.34. The van der Waals surface area contributed by atoms with Crippen molar-refractivity contribution in [3.8, 4) is 0 Å². The molecule has 0 aliphatic heterocycles. The molecule has 0 fully saturated rings. The highest BCUT2D eigenvalue weighted by atomic mass is 14.9. The van der Waals surface area contributed by atoms with E-state index in [2.05, 4.69) is 43.8 Å². The van der Waals surface area contributed by atoms with Crippen molar-refractivity contribution in [1.82, 2.24) is 0 Å². The van der Waals surface area contributed by atoms with Crippen molar-refractivity contribution in [2.24, 2.45) is 0 Å². The summed E-state index contributed by atoms with van der Waals surface area (Å²) in [6.45, 7) is 8.14. The maximum atomic E-state index is 2.53. The van der Waals surface area contributed by atoms with Gasteiger partial charge in [0.25, 0.3) is 0 Å². The number of unbranched alkanes of at least 4 members (excludes halogenated alkanes) is 21. The Balaban J connectivity index is 2.38. The summed E-state index contributed by atoms with van der Waals surface area (Å²) >= 11 is 0. The average Bonchev–Trinajstić information content (AvgIpc) is 2.89. The van der Waals surface area contributed by atoms with Gasteiger partial charge in [-0.25, -0.2) is 4.57 Å². The zero-order chi connectivity index (χ0) is 25.9. The summed E-state index contributed by atoms with van der Waals surface area (Å²) < 4.78 is 2.51. The van der Waals surface area contributed by atoms with Crippen LogP contribution in [0.15, 0.2) is 18.5 Å². The van der Waals surface area contributed by atoms with Crippen molar-refractivity contribution in [2.75, 3.05) is 0 Å². The molecule has 0 spiro atoms. The van der Waals surface area contributed by atoms with Crippen molar-refractivity contribution in [3.63, 3.8) is 0 Å². The number of pyridine rings is 1. The number of aromatic nitrogens is 1. The summed E-state index contributed by atoms with van der Waals surface area (Å²) in [6.07, 6.45) is 41.4. The third-order valence-electron chi connectivity index (χ3n) is 8.07. The molecule has 1 heterocycles. The van der Waals surface area contributed by atoms with Crippen molar-refractivity contribution < 1.29 is 4.57 Å². The molecule has 0 radical (unpaired) electrons. The first-order chi connectivity index (χ1) is 17.8. The Bertz CT molecular complexity index is 578. The second kappa shape index (κ2) is 25.8. The molecular formula is C35H66N+. The molecular weight excluding hydrogens is 434 g/mol. The van der Waals surface area contributed by atoms with Gasteiger partial charge in [0.1, 0.15) is 6.54 Å². The molecule has 0 N–H and O–H groups in total. The first-order valence-corrected chi connectivity index (χ1v) is 16.8. The van der Waals surface area contributed by atoms with Crippen molar-refractivity contribution >= 4 is 0 Å². The average molecular weight is 501 g/mol. The molecule has 0 amide bonds. The Hall–Kier alpha value is -0.850. The molecule has 1 nitrogen and oxygen atoms in total. The van der Waals surface area contributed by atoms with E-state index >= 15 is 0 Å². The largest absolute Gasteiger partial charge is 0.205 e. The number of hydrogen-bond donors (Lipinski definition) is 0. The van der Waals surface area contributed by atoms with Crippen LogP contribution in [0.25, 0.3) is 0 Å². The van der Waals surface area contributed by atoms with Crippen LogP contribution < -0.4 is 4.57 Å².